The molecule has 1 aromatic rings. The van der Waals surface area contributed by atoms with E-state index in [4.69, 9.17) is 5.73 Å². The van der Waals surface area contributed by atoms with E-state index in [1.54, 1.807) is 0 Å². The summed E-state index contributed by atoms with van der Waals surface area (Å²) in [5.74, 6) is 0. The van der Waals surface area contributed by atoms with Gasteiger partial charge in [-0.2, -0.15) is 0 Å². The average Bonchev–Trinajstić information content (AvgIpc) is 2.39. The summed E-state index contributed by atoms with van der Waals surface area (Å²) in [5, 5.41) is 9.86. The summed E-state index contributed by atoms with van der Waals surface area (Å²) in [4.78, 5) is 12.8. The number of hydrogen-bond acceptors (Lipinski definition) is 2. The van der Waals surface area contributed by atoms with Gasteiger partial charge in [0.05, 0.1) is 11.8 Å². The lowest BCUT2D eigenvalue weighted by molar-refractivity contribution is 0.168. The van der Waals surface area contributed by atoms with Crippen LogP contribution in [-0.4, -0.2) is 17.7 Å². The number of rotatable bonds is 0. The molecule has 0 saturated carbocycles. The van der Waals surface area contributed by atoms with Crippen LogP contribution in [0.15, 0.2) is 24.3 Å². The highest BCUT2D eigenvalue weighted by molar-refractivity contribution is 5.91. The summed E-state index contributed by atoms with van der Waals surface area (Å²) in [6, 6.07) is 6.88. The molecule has 0 bridgehead atoms. The van der Waals surface area contributed by atoms with Crippen LogP contribution in [0.5, 0.6) is 0 Å². The minimum atomic E-state index is -0.495. The van der Waals surface area contributed by atoms with E-state index in [9.17, 15) is 9.90 Å². The van der Waals surface area contributed by atoms with Crippen molar-refractivity contribution in [2.45, 2.75) is 18.9 Å². The number of nitrogens with zero attached hydrogens (tertiary/aromatic N) is 1. The fourth-order valence-corrected chi connectivity index (χ4v) is 1.96. The Labute approximate surface area is 88.3 Å². The predicted molar refractivity (Wildman–Crippen MR) is 57.6 cm³/mol. The van der Waals surface area contributed by atoms with E-state index in [0.717, 1.165) is 17.7 Å². The lowest BCUT2D eigenvalue weighted by Gasteiger charge is -2.20. The van der Waals surface area contributed by atoms with E-state index in [1.165, 1.54) is 4.90 Å². The van der Waals surface area contributed by atoms with Gasteiger partial charge in [0.25, 0.3) is 0 Å². The first-order chi connectivity index (χ1) is 7.20. The highest BCUT2D eigenvalue weighted by Crippen LogP contribution is 2.32. The number of para-hydroxylation sites is 1. The summed E-state index contributed by atoms with van der Waals surface area (Å²) in [6.07, 6.45) is 0.935. The molecule has 3 N–H and O–H groups in total. The van der Waals surface area contributed by atoms with Crippen LogP contribution in [0.3, 0.4) is 0 Å². The lowest BCUT2D eigenvalue weighted by atomic mass is 10.0. The monoisotopic (exact) mass is 206 g/mol. The minimum absolute atomic E-state index is 0.462. The number of amides is 2. The van der Waals surface area contributed by atoms with Crippen LogP contribution in [0.4, 0.5) is 10.5 Å². The van der Waals surface area contributed by atoms with Gasteiger partial charge < -0.3 is 10.8 Å². The molecule has 1 aromatic carbocycles. The number of anilines is 1. The van der Waals surface area contributed by atoms with Crippen LogP contribution < -0.4 is 10.6 Å². The molecule has 1 atom stereocenters. The Bertz CT molecular complexity index is 379. The Morgan fingerprint density at radius 2 is 2.20 bits per heavy atom. The van der Waals surface area contributed by atoms with Crippen molar-refractivity contribution in [3.63, 3.8) is 0 Å². The zero-order valence-corrected chi connectivity index (χ0v) is 8.39. The number of carbonyl (C=O) groups is 1. The third-order valence-electron chi connectivity index (χ3n) is 2.71. The van der Waals surface area contributed by atoms with Gasteiger partial charge in [-0.3, -0.25) is 4.90 Å². The Kier molecular flexibility index (Phi) is 2.60. The van der Waals surface area contributed by atoms with E-state index in [0.29, 0.717) is 13.0 Å². The Balaban J connectivity index is 2.47. The van der Waals surface area contributed by atoms with E-state index < -0.39 is 12.1 Å². The molecule has 4 nitrogen and oxygen atoms in total. The van der Waals surface area contributed by atoms with Gasteiger partial charge in [-0.25, -0.2) is 4.79 Å². The first-order valence-corrected chi connectivity index (χ1v) is 5.04. The molecule has 1 aliphatic heterocycles. The van der Waals surface area contributed by atoms with Gasteiger partial charge in [0, 0.05) is 12.1 Å². The van der Waals surface area contributed by atoms with E-state index in [2.05, 4.69) is 0 Å². The summed E-state index contributed by atoms with van der Waals surface area (Å²) >= 11 is 0. The average molecular weight is 206 g/mol. The number of primary amides is 1. The fraction of sp³-hybridized carbons (Fsp3) is 0.364. The normalized spacial score (nSPS) is 20.6. The second kappa shape index (κ2) is 3.90. The standard InChI is InChI=1S/C11H14N2O2/c12-11(15)13-7-3-6-10(14)8-4-1-2-5-9(8)13/h1-2,4-5,10,14H,3,6-7H2,(H2,12,15). The van der Waals surface area contributed by atoms with Crippen LogP contribution in [0.25, 0.3) is 0 Å². The van der Waals surface area contributed by atoms with Crippen molar-refractivity contribution >= 4 is 11.7 Å². The van der Waals surface area contributed by atoms with Crippen LogP contribution >= 0.6 is 0 Å². The second-order valence-corrected chi connectivity index (χ2v) is 3.71. The molecule has 0 fully saturated rings. The van der Waals surface area contributed by atoms with E-state index >= 15 is 0 Å². The molecule has 1 heterocycles. The van der Waals surface area contributed by atoms with Crippen LogP contribution in [0, 0.1) is 0 Å². The van der Waals surface area contributed by atoms with Crippen molar-refractivity contribution < 1.29 is 9.90 Å². The molecule has 15 heavy (non-hydrogen) atoms. The molecule has 4 heteroatoms. The van der Waals surface area contributed by atoms with E-state index in [-0.39, 0.29) is 0 Å². The van der Waals surface area contributed by atoms with Crippen molar-refractivity contribution in [3.8, 4) is 0 Å². The maximum absolute atomic E-state index is 11.2. The van der Waals surface area contributed by atoms with Crippen molar-refractivity contribution in [3.05, 3.63) is 29.8 Å². The fourth-order valence-electron chi connectivity index (χ4n) is 1.96. The van der Waals surface area contributed by atoms with Crippen LogP contribution in [0.2, 0.25) is 0 Å². The van der Waals surface area contributed by atoms with Gasteiger partial charge in [0.1, 0.15) is 0 Å². The van der Waals surface area contributed by atoms with Crippen molar-refractivity contribution in [1.82, 2.24) is 0 Å². The number of benzene rings is 1. The highest BCUT2D eigenvalue weighted by atomic mass is 16.3. The number of fused-ring (bicyclic) bond motifs is 1. The third-order valence-corrected chi connectivity index (χ3v) is 2.71. The molecule has 80 valence electrons. The molecule has 2 rings (SSSR count). The minimum Gasteiger partial charge on any atom is -0.388 e. The molecule has 2 amide bonds. The number of aliphatic hydroxyl groups is 1. The van der Waals surface area contributed by atoms with Crippen molar-refractivity contribution in [1.29, 1.82) is 0 Å². The summed E-state index contributed by atoms with van der Waals surface area (Å²) in [7, 11) is 0. The molecule has 0 saturated heterocycles. The van der Waals surface area contributed by atoms with Crippen LogP contribution in [-0.2, 0) is 0 Å². The highest BCUT2D eigenvalue weighted by Gasteiger charge is 2.23. The summed E-state index contributed by atoms with van der Waals surface area (Å²) < 4.78 is 0. The molecular weight excluding hydrogens is 192 g/mol. The smallest absolute Gasteiger partial charge is 0.319 e. The van der Waals surface area contributed by atoms with Gasteiger partial charge in [-0.1, -0.05) is 18.2 Å². The maximum Gasteiger partial charge on any atom is 0.319 e. The zero-order chi connectivity index (χ0) is 10.8. The third kappa shape index (κ3) is 1.80. The van der Waals surface area contributed by atoms with Crippen molar-refractivity contribution in [2.75, 3.05) is 11.4 Å². The summed E-state index contributed by atoms with van der Waals surface area (Å²) in [5.41, 5.74) is 6.82. The van der Waals surface area contributed by atoms with Gasteiger partial charge in [0.2, 0.25) is 0 Å². The molecule has 0 aliphatic carbocycles. The molecule has 1 aliphatic rings. The number of aliphatic hydroxyl groups excluding tert-OH is 1. The topological polar surface area (TPSA) is 66.6 Å². The molecule has 0 aromatic heterocycles. The maximum atomic E-state index is 11.2. The van der Waals surface area contributed by atoms with Crippen molar-refractivity contribution in [2.24, 2.45) is 5.73 Å². The Morgan fingerprint density at radius 1 is 1.47 bits per heavy atom. The first-order valence-electron chi connectivity index (χ1n) is 5.04. The Morgan fingerprint density at radius 3 is 2.93 bits per heavy atom. The van der Waals surface area contributed by atoms with Gasteiger partial charge in [-0.05, 0) is 18.9 Å². The largest absolute Gasteiger partial charge is 0.388 e. The SMILES string of the molecule is NC(=O)N1CCCC(O)c2ccccc21. The molecule has 0 spiro atoms. The van der Waals surface area contributed by atoms with Gasteiger partial charge in [-0.15, -0.1) is 0 Å². The van der Waals surface area contributed by atoms with Crippen LogP contribution in [0.1, 0.15) is 24.5 Å². The predicted octanol–water partition coefficient (Wildman–Crippen LogP) is 1.40. The van der Waals surface area contributed by atoms with Gasteiger partial charge >= 0.3 is 6.03 Å². The quantitative estimate of drug-likeness (QED) is 0.673. The zero-order valence-electron chi connectivity index (χ0n) is 8.39. The van der Waals surface area contributed by atoms with E-state index in [1.807, 2.05) is 24.3 Å². The molecule has 1 unspecified atom stereocenters. The number of carbonyl (C=O) groups excluding carboxylic acids is 1. The van der Waals surface area contributed by atoms with Gasteiger partial charge in [0.15, 0.2) is 0 Å². The first kappa shape index (κ1) is 9.98. The molecular formula is C11H14N2O2. The number of nitrogens with two attached hydrogens (primary N) is 1. The number of urea groups is 1. The second-order valence-electron chi connectivity index (χ2n) is 3.71. The summed E-state index contributed by atoms with van der Waals surface area (Å²) in [6.45, 7) is 0.573. The molecule has 0 radical (unpaired) electrons. The number of hydrogen-bond donors (Lipinski definition) is 2. The lowest BCUT2D eigenvalue weighted by Crippen LogP contribution is -2.36. The Hall–Kier alpha value is -1.55.